The van der Waals surface area contributed by atoms with Crippen LogP contribution < -0.4 is 14.8 Å². The highest BCUT2D eigenvalue weighted by Gasteiger charge is 2.22. The van der Waals surface area contributed by atoms with Gasteiger partial charge in [-0.2, -0.15) is 8.78 Å². The number of carbonyl (C=O) groups is 2. The molecule has 1 amide bonds. The van der Waals surface area contributed by atoms with Crippen molar-refractivity contribution in [2.24, 2.45) is 0 Å². The first-order valence-corrected chi connectivity index (χ1v) is 8.74. The first-order valence-electron chi connectivity index (χ1n) is 7.66. The van der Waals surface area contributed by atoms with Crippen LogP contribution in [0.4, 0.5) is 14.5 Å². The summed E-state index contributed by atoms with van der Waals surface area (Å²) < 4.78 is 40.4. The number of alkyl halides is 2. The third-order valence-corrected chi connectivity index (χ3v) is 4.09. The molecule has 27 heavy (non-hydrogen) atoms. The third kappa shape index (κ3) is 5.78. The minimum absolute atomic E-state index is 0.0521. The number of nitrogens with one attached hydrogen (secondary N) is 1. The van der Waals surface area contributed by atoms with Gasteiger partial charge in [-0.05, 0) is 65.4 Å². The Morgan fingerprint density at radius 3 is 2.59 bits per heavy atom. The molecule has 0 bridgehead atoms. The number of anilines is 1. The summed E-state index contributed by atoms with van der Waals surface area (Å²) in [7, 11) is 1.25. The molecule has 0 aliphatic carbocycles. The molecule has 0 radical (unpaired) electrons. The molecule has 0 saturated carbocycles. The zero-order valence-corrected chi connectivity index (χ0v) is 16.6. The fraction of sp³-hybridized carbons (Fsp3) is 0.222. The van der Waals surface area contributed by atoms with E-state index in [0.29, 0.717) is 5.69 Å². The van der Waals surface area contributed by atoms with Gasteiger partial charge in [0.05, 0.1) is 7.11 Å². The van der Waals surface area contributed by atoms with Gasteiger partial charge in [0.1, 0.15) is 5.56 Å². The first kappa shape index (κ1) is 20.9. The zero-order chi connectivity index (χ0) is 20.0. The number of methoxy groups -OCH3 is 1. The second-order valence-electron chi connectivity index (χ2n) is 5.30. The standard InChI is InChI=1S/C18H16F2INO5/c1-10-8-11(21)6-7-13(10)22-15(23)9-26-17(24)12-4-3-5-14(25-2)16(12)27-18(19)20/h3-8,18H,9H2,1-2H3,(H,22,23). The molecule has 0 atom stereocenters. The average Bonchev–Trinajstić information content (AvgIpc) is 2.61. The summed E-state index contributed by atoms with van der Waals surface area (Å²) in [6.45, 7) is -1.91. The lowest BCUT2D eigenvalue weighted by atomic mass is 10.2. The Hall–Kier alpha value is -2.43. The number of ether oxygens (including phenoxy) is 3. The van der Waals surface area contributed by atoms with E-state index in [1.54, 1.807) is 6.07 Å². The minimum atomic E-state index is -3.15. The Kier molecular flexibility index (Phi) is 7.34. The lowest BCUT2D eigenvalue weighted by Gasteiger charge is -2.14. The average molecular weight is 491 g/mol. The molecule has 0 fully saturated rings. The Labute approximate surface area is 167 Å². The molecule has 2 rings (SSSR count). The zero-order valence-electron chi connectivity index (χ0n) is 14.4. The molecule has 2 aromatic rings. The fourth-order valence-corrected chi connectivity index (χ4v) is 2.86. The van der Waals surface area contributed by atoms with Crippen molar-refractivity contribution < 1.29 is 32.6 Å². The van der Waals surface area contributed by atoms with E-state index >= 15 is 0 Å². The smallest absolute Gasteiger partial charge is 0.387 e. The molecule has 2 aromatic carbocycles. The number of hydrogen-bond acceptors (Lipinski definition) is 5. The Bertz CT molecular complexity index is 844. The normalized spacial score (nSPS) is 10.4. The largest absolute Gasteiger partial charge is 0.493 e. The molecule has 144 valence electrons. The van der Waals surface area contributed by atoms with Crippen molar-refractivity contribution >= 4 is 40.2 Å². The Balaban J connectivity index is 2.06. The van der Waals surface area contributed by atoms with Crippen LogP contribution in [0.15, 0.2) is 36.4 Å². The predicted octanol–water partition coefficient (Wildman–Crippen LogP) is 4.01. The van der Waals surface area contributed by atoms with Gasteiger partial charge in [-0.3, -0.25) is 4.79 Å². The van der Waals surface area contributed by atoms with E-state index in [1.807, 2.05) is 19.1 Å². The summed E-state index contributed by atoms with van der Waals surface area (Å²) in [5.74, 6) is -2.05. The highest BCUT2D eigenvalue weighted by Crippen LogP contribution is 2.32. The van der Waals surface area contributed by atoms with Gasteiger partial charge in [-0.25, -0.2) is 4.79 Å². The van der Waals surface area contributed by atoms with Gasteiger partial charge in [-0.1, -0.05) is 6.07 Å². The topological polar surface area (TPSA) is 73.9 Å². The molecule has 0 aliphatic heterocycles. The van der Waals surface area contributed by atoms with Crippen LogP contribution in [-0.4, -0.2) is 32.2 Å². The highest BCUT2D eigenvalue weighted by atomic mass is 127. The molecule has 6 nitrogen and oxygen atoms in total. The fourth-order valence-electron chi connectivity index (χ4n) is 2.21. The van der Waals surface area contributed by atoms with Crippen molar-refractivity contribution in [2.45, 2.75) is 13.5 Å². The van der Waals surface area contributed by atoms with Crippen LogP contribution in [0.1, 0.15) is 15.9 Å². The maximum atomic E-state index is 12.6. The maximum absolute atomic E-state index is 12.6. The molecular formula is C18H16F2INO5. The van der Waals surface area contributed by atoms with Crippen molar-refractivity contribution in [1.29, 1.82) is 0 Å². The lowest BCUT2D eigenvalue weighted by Crippen LogP contribution is -2.22. The number of amides is 1. The second kappa shape index (κ2) is 9.49. The number of rotatable bonds is 7. The molecular weight excluding hydrogens is 475 g/mol. The van der Waals surface area contributed by atoms with Gasteiger partial charge in [0.15, 0.2) is 18.1 Å². The highest BCUT2D eigenvalue weighted by molar-refractivity contribution is 14.1. The Morgan fingerprint density at radius 2 is 1.96 bits per heavy atom. The van der Waals surface area contributed by atoms with Crippen LogP contribution in [0.25, 0.3) is 0 Å². The molecule has 0 saturated heterocycles. The van der Waals surface area contributed by atoms with Crippen LogP contribution in [0.5, 0.6) is 11.5 Å². The maximum Gasteiger partial charge on any atom is 0.387 e. The summed E-state index contributed by atoms with van der Waals surface area (Å²) >= 11 is 2.15. The molecule has 0 aromatic heterocycles. The summed E-state index contributed by atoms with van der Waals surface area (Å²) in [4.78, 5) is 24.2. The van der Waals surface area contributed by atoms with E-state index in [4.69, 9.17) is 9.47 Å². The number of esters is 1. The van der Waals surface area contributed by atoms with Crippen LogP contribution in [-0.2, 0) is 9.53 Å². The van der Waals surface area contributed by atoms with E-state index in [0.717, 1.165) is 9.13 Å². The molecule has 0 unspecified atom stereocenters. The summed E-state index contributed by atoms with van der Waals surface area (Å²) in [5.41, 5.74) is 1.16. The molecule has 0 aliphatic rings. The number of carbonyl (C=O) groups excluding carboxylic acids is 2. The molecule has 9 heteroatoms. The Morgan fingerprint density at radius 1 is 1.22 bits per heavy atom. The van der Waals surface area contributed by atoms with Gasteiger partial charge in [0.25, 0.3) is 5.91 Å². The van der Waals surface area contributed by atoms with Gasteiger partial charge in [0, 0.05) is 9.26 Å². The molecule has 0 heterocycles. The van der Waals surface area contributed by atoms with Crippen molar-refractivity contribution in [2.75, 3.05) is 19.0 Å². The van der Waals surface area contributed by atoms with Gasteiger partial charge >= 0.3 is 12.6 Å². The molecule has 1 N–H and O–H groups in total. The van der Waals surface area contributed by atoms with E-state index < -0.39 is 30.8 Å². The summed E-state index contributed by atoms with van der Waals surface area (Å²) in [6.07, 6.45) is 0. The van der Waals surface area contributed by atoms with Crippen LogP contribution in [0, 0.1) is 10.5 Å². The third-order valence-electron chi connectivity index (χ3n) is 3.42. The monoisotopic (exact) mass is 491 g/mol. The van der Waals surface area contributed by atoms with Crippen LogP contribution in [0.2, 0.25) is 0 Å². The van der Waals surface area contributed by atoms with E-state index in [9.17, 15) is 18.4 Å². The summed E-state index contributed by atoms with van der Waals surface area (Å²) in [6, 6.07) is 9.45. The van der Waals surface area contributed by atoms with Crippen molar-refractivity contribution in [3.8, 4) is 11.5 Å². The van der Waals surface area contributed by atoms with Crippen molar-refractivity contribution in [3.05, 3.63) is 51.1 Å². The van der Waals surface area contributed by atoms with E-state index in [-0.39, 0.29) is 11.3 Å². The number of hydrogen-bond donors (Lipinski definition) is 1. The quantitative estimate of drug-likeness (QED) is 0.469. The second-order valence-corrected chi connectivity index (χ2v) is 6.54. The summed E-state index contributed by atoms with van der Waals surface area (Å²) in [5, 5.41) is 2.62. The number of aryl methyl sites for hydroxylation is 1. The van der Waals surface area contributed by atoms with Crippen LogP contribution >= 0.6 is 22.6 Å². The first-order chi connectivity index (χ1) is 12.8. The number of para-hydroxylation sites is 1. The van der Waals surface area contributed by atoms with Crippen LogP contribution in [0.3, 0.4) is 0 Å². The molecule has 0 spiro atoms. The van der Waals surface area contributed by atoms with Gasteiger partial charge in [-0.15, -0.1) is 0 Å². The van der Waals surface area contributed by atoms with Gasteiger partial charge < -0.3 is 19.5 Å². The van der Waals surface area contributed by atoms with Gasteiger partial charge in [0.2, 0.25) is 0 Å². The lowest BCUT2D eigenvalue weighted by molar-refractivity contribution is -0.119. The van der Waals surface area contributed by atoms with E-state index in [1.165, 1.54) is 25.3 Å². The van der Waals surface area contributed by atoms with Crippen molar-refractivity contribution in [3.63, 3.8) is 0 Å². The number of halogens is 3. The van der Waals surface area contributed by atoms with Crippen molar-refractivity contribution in [1.82, 2.24) is 0 Å². The SMILES string of the molecule is COc1cccc(C(=O)OCC(=O)Nc2ccc(I)cc2C)c1OC(F)F. The van der Waals surface area contributed by atoms with E-state index in [2.05, 4.69) is 32.6 Å². The predicted molar refractivity (Wildman–Crippen MR) is 102 cm³/mol. The minimum Gasteiger partial charge on any atom is -0.493 e. The number of benzene rings is 2.